The first-order valence-corrected chi connectivity index (χ1v) is 21.7. The molecule has 4 fully saturated rings. The SMILES string of the molecule is Cc1cc(OC2C(C)(C)C(NC(=O)c3cnc(N4CCC(CN(C(C)C)C5CC(Oc6cccc(C(=O)NC7CCC(=O)NC7=O)c6)C5)CC4)cn3)C2(C)C)cc(C)c1C#N. The Morgan fingerprint density at radius 2 is 1.62 bits per heavy atom. The van der Waals surface area contributed by atoms with Gasteiger partial charge in [0.1, 0.15) is 41.3 Å². The number of anilines is 1. The van der Waals surface area contributed by atoms with Crippen molar-refractivity contribution < 1.29 is 28.7 Å². The summed E-state index contributed by atoms with van der Waals surface area (Å²) in [6.45, 7) is 19.5. The van der Waals surface area contributed by atoms with Gasteiger partial charge in [-0.15, -0.1) is 0 Å². The minimum atomic E-state index is -0.732. The molecule has 14 nitrogen and oxygen atoms in total. The maximum atomic E-state index is 13.5. The van der Waals surface area contributed by atoms with Crippen molar-refractivity contribution in [3.63, 3.8) is 0 Å². The van der Waals surface area contributed by atoms with E-state index >= 15 is 0 Å². The Hall–Kier alpha value is -5.55. The number of hydrogen-bond donors (Lipinski definition) is 3. The average Bonchev–Trinajstić information content (AvgIpc) is 3.20. The lowest BCUT2D eigenvalue weighted by atomic mass is 9.49. The number of imide groups is 1. The normalized spacial score (nSPS) is 24.5. The van der Waals surface area contributed by atoms with Crippen LogP contribution in [0.15, 0.2) is 48.8 Å². The molecule has 4 aliphatic rings. The van der Waals surface area contributed by atoms with Crippen LogP contribution in [0.2, 0.25) is 0 Å². The average molecular weight is 833 g/mol. The van der Waals surface area contributed by atoms with Crippen molar-refractivity contribution in [2.24, 2.45) is 16.7 Å². The number of aromatic nitrogens is 2. The highest BCUT2D eigenvalue weighted by molar-refractivity contribution is 6.03. The molecule has 3 N–H and O–H groups in total. The van der Waals surface area contributed by atoms with Crippen LogP contribution in [0, 0.1) is 41.9 Å². The number of aryl methyl sites for hydroxylation is 2. The number of nitrogens with one attached hydrogen (secondary N) is 3. The number of amides is 4. The van der Waals surface area contributed by atoms with E-state index in [2.05, 4.69) is 83.3 Å². The number of piperidine rings is 2. The highest BCUT2D eigenvalue weighted by Gasteiger charge is 2.64. The molecule has 0 spiro atoms. The largest absolute Gasteiger partial charge is 0.490 e. The van der Waals surface area contributed by atoms with Crippen LogP contribution < -0.4 is 30.3 Å². The Bertz CT molecular complexity index is 2150. The molecule has 324 valence electrons. The summed E-state index contributed by atoms with van der Waals surface area (Å²) >= 11 is 0. The quantitative estimate of drug-likeness (QED) is 0.181. The van der Waals surface area contributed by atoms with Gasteiger partial charge in [-0.05, 0) is 94.3 Å². The summed E-state index contributed by atoms with van der Waals surface area (Å²) in [6, 6.07) is 13.0. The number of carbonyl (C=O) groups excluding carboxylic acids is 4. The first-order valence-electron chi connectivity index (χ1n) is 21.7. The Kier molecular flexibility index (Phi) is 12.4. The van der Waals surface area contributed by atoms with E-state index in [9.17, 15) is 24.4 Å². The smallest absolute Gasteiger partial charge is 0.271 e. The maximum Gasteiger partial charge on any atom is 0.271 e. The van der Waals surface area contributed by atoms with Gasteiger partial charge in [-0.2, -0.15) is 5.26 Å². The Morgan fingerprint density at radius 3 is 2.23 bits per heavy atom. The molecule has 3 heterocycles. The van der Waals surface area contributed by atoms with E-state index in [1.807, 2.05) is 32.0 Å². The monoisotopic (exact) mass is 832 g/mol. The van der Waals surface area contributed by atoms with Crippen molar-refractivity contribution in [3.05, 3.63) is 76.7 Å². The van der Waals surface area contributed by atoms with Gasteiger partial charge in [-0.25, -0.2) is 9.97 Å². The van der Waals surface area contributed by atoms with Crippen LogP contribution in [0.4, 0.5) is 5.82 Å². The number of benzene rings is 2. The van der Waals surface area contributed by atoms with Crippen LogP contribution in [0.3, 0.4) is 0 Å². The van der Waals surface area contributed by atoms with Crippen LogP contribution in [-0.2, 0) is 9.59 Å². The van der Waals surface area contributed by atoms with E-state index in [4.69, 9.17) is 9.47 Å². The zero-order chi connectivity index (χ0) is 43.8. The lowest BCUT2D eigenvalue weighted by Crippen LogP contribution is -2.74. The summed E-state index contributed by atoms with van der Waals surface area (Å²) in [7, 11) is 0. The fraction of sp³-hybridized carbons (Fsp3) is 0.553. The van der Waals surface area contributed by atoms with E-state index in [0.717, 1.165) is 68.0 Å². The molecule has 4 amide bonds. The molecule has 14 heteroatoms. The Balaban J connectivity index is 0.858. The summed E-state index contributed by atoms with van der Waals surface area (Å²) < 4.78 is 12.8. The number of hydrogen-bond acceptors (Lipinski definition) is 11. The molecule has 61 heavy (non-hydrogen) atoms. The fourth-order valence-electron chi connectivity index (χ4n) is 10.2. The number of ether oxygens (including phenoxy) is 2. The molecule has 3 aromatic rings. The molecule has 2 aromatic carbocycles. The third-order valence-corrected chi connectivity index (χ3v) is 13.4. The highest BCUT2D eigenvalue weighted by Crippen LogP contribution is 2.55. The van der Waals surface area contributed by atoms with E-state index < -0.39 is 11.9 Å². The van der Waals surface area contributed by atoms with Gasteiger partial charge in [0.2, 0.25) is 11.8 Å². The van der Waals surface area contributed by atoms with Gasteiger partial charge in [-0.3, -0.25) is 29.4 Å². The third-order valence-electron chi connectivity index (χ3n) is 13.4. The van der Waals surface area contributed by atoms with E-state index in [1.165, 1.54) is 0 Å². The van der Waals surface area contributed by atoms with Gasteiger partial charge in [0, 0.05) is 73.4 Å². The number of nitriles is 1. The molecule has 2 aliphatic heterocycles. The second-order valence-electron chi connectivity index (χ2n) is 18.9. The van der Waals surface area contributed by atoms with Crippen LogP contribution >= 0.6 is 0 Å². The maximum absolute atomic E-state index is 13.5. The van der Waals surface area contributed by atoms with Crippen molar-refractivity contribution >= 4 is 29.4 Å². The standard InChI is InChI=1S/C47H60N8O6/c1-27(2)55(32-21-35(22-32)60-33-11-9-10-31(20-33)41(57)51-37-12-13-40(56)52-42(37)58)26-30-14-16-54(17-15-30)39-25-49-38(24-50-39)43(59)53-44-46(5,6)45(47(44,7)8)61-34-18-28(3)36(23-48)29(4)19-34/h9-11,18-20,24-25,27,30,32,35,37,44-45H,12-17,21-22,26H2,1-8H3,(H,51,57)(H,53,59)(H,52,56,58). The zero-order valence-electron chi connectivity index (χ0n) is 36.7. The molecule has 0 radical (unpaired) electrons. The number of carbonyl (C=O) groups is 4. The third kappa shape index (κ3) is 9.22. The predicted molar refractivity (Wildman–Crippen MR) is 230 cm³/mol. The second-order valence-corrected chi connectivity index (χ2v) is 18.9. The lowest BCUT2D eigenvalue weighted by molar-refractivity contribution is -0.164. The van der Waals surface area contributed by atoms with E-state index in [1.54, 1.807) is 30.6 Å². The number of nitrogens with zero attached hydrogens (tertiary/aromatic N) is 5. The zero-order valence-corrected chi connectivity index (χ0v) is 36.7. The fourth-order valence-corrected chi connectivity index (χ4v) is 10.2. The van der Waals surface area contributed by atoms with Gasteiger partial charge >= 0.3 is 0 Å². The number of rotatable bonds is 13. The summed E-state index contributed by atoms with van der Waals surface area (Å²) in [5.41, 5.74) is 2.41. The predicted octanol–water partition coefficient (Wildman–Crippen LogP) is 5.65. The molecule has 1 aromatic heterocycles. The van der Waals surface area contributed by atoms with Gasteiger partial charge in [0.25, 0.3) is 11.8 Å². The summed E-state index contributed by atoms with van der Waals surface area (Å²) in [4.78, 5) is 64.1. The lowest BCUT2D eigenvalue weighted by Gasteiger charge is -2.63. The molecule has 2 saturated heterocycles. The van der Waals surface area contributed by atoms with Crippen LogP contribution in [0.25, 0.3) is 0 Å². The second kappa shape index (κ2) is 17.4. The first-order chi connectivity index (χ1) is 28.9. The minimum absolute atomic E-state index is 0.0524. The molecule has 2 saturated carbocycles. The van der Waals surface area contributed by atoms with Crippen LogP contribution in [0.5, 0.6) is 11.5 Å². The van der Waals surface area contributed by atoms with Gasteiger partial charge in [0.05, 0.1) is 24.0 Å². The van der Waals surface area contributed by atoms with Crippen LogP contribution in [0.1, 0.15) is 118 Å². The summed E-state index contributed by atoms with van der Waals surface area (Å²) in [6.07, 6.45) is 7.54. The molecule has 1 unspecified atom stereocenters. The molecule has 2 aliphatic carbocycles. The van der Waals surface area contributed by atoms with Gasteiger partial charge < -0.3 is 25.0 Å². The Labute approximate surface area is 359 Å². The van der Waals surface area contributed by atoms with Crippen molar-refractivity contribution in [2.45, 2.75) is 130 Å². The molecule has 7 rings (SSSR count). The summed E-state index contributed by atoms with van der Waals surface area (Å²) in [5.74, 6) is 1.24. The molecule has 1 atom stereocenters. The van der Waals surface area contributed by atoms with E-state index in [0.29, 0.717) is 34.9 Å². The first kappa shape index (κ1) is 43.5. The van der Waals surface area contributed by atoms with Crippen molar-refractivity contribution in [1.29, 1.82) is 5.26 Å². The minimum Gasteiger partial charge on any atom is -0.490 e. The highest BCUT2D eigenvalue weighted by atomic mass is 16.5. The van der Waals surface area contributed by atoms with Gasteiger partial charge in [0.15, 0.2) is 0 Å². The van der Waals surface area contributed by atoms with Gasteiger partial charge in [-0.1, -0.05) is 33.8 Å². The molecular weight excluding hydrogens is 773 g/mol. The Morgan fingerprint density at radius 1 is 0.934 bits per heavy atom. The molecule has 0 bridgehead atoms. The summed E-state index contributed by atoms with van der Waals surface area (Å²) in [5, 5.41) is 17.7. The van der Waals surface area contributed by atoms with Crippen molar-refractivity contribution in [1.82, 2.24) is 30.8 Å². The topological polar surface area (TPSA) is 179 Å². The van der Waals surface area contributed by atoms with Crippen molar-refractivity contribution in [3.8, 4) is 17.6 Å². The molecular formula is C47H60N8O6. The van der Waals surface area contributed by atoms with Crippen molar-refractivity contribution in [2.75, 3.05) is 24.5 Å². The van der Waals surface area contributed by atoms with E-state index in [-0.39, 0.29) is 65.3 Å². The van der Waals surface area contributed by atoms with Crippen LogP contribution in [-0.4, -0.2) is 94.5 Å².